The van der Waals surface area contributed by atoms with Gasteiger partial charge in [-0.1, -0.05) is 38.1 Å². The van der Waals surface area contributed by atoms with E-state index in [1.165, 1.54) is 12.1 Å². The zero-order chi connectivity index (χ0) is 11.6. The van der Waals surface area contributed by atoms with Crippen LogP contribution in [0.15, 0.2) is 24.3 Å². The first kappa shape index (κ1) is 12.0. The van der Waals surface area contributed by atoms with Crippen molar-refractivity contribution in [2.75, 3.05) is 0 Å². The van der Waals surface area contributed by atoms with Gasteiger partial charge in [0, 0.05) is 0 Å². The smallest absolute Gasteiger partial charge is 0.316 e. The molecule has 0 unspecified atom stereocenters. The molecule has 0 spiro atoms. The number of hydrogen-bond acceptors (Lipinski definition) is 1. The SMILES string of the molecule is CC(C)c1cccc([C@@H](N)C(F)(F)F)c1. The van der Waals surface area contributed by atoms with Crippen LogP contribution in [-0.4, -0.2) is 6.18 Å². The number of rotatable bonds is 2. The molecule has 0 fully saturated rings. The molecule has 1 aromatic rings. The van der Waals surface area contributed by atoms with Gasteiger partial charge in [0.1, 0.15) is 6.04 Å². The Morgan fingerprint density at radius 2 is 1.67 bits per heavy atom. The zero-order valence-corrected chi connectivity index (χ0v) is 8.68. The van der Waals surface area contributed by atoms with Crippen LogP contribution in [-0.2, 0) is 0 Å². The van der Waals surface area contributed by atoms with Gasteiger partial charge in [0.25, 0.3) is 0 Å². The molecule has 84 valence electrons. The van der Waals surface area contributed by atoms with Gasteiger partial charge in [-0.3, -0.25) is 0 Å². The molecule has 0 aliphatic carbocycles. The summed E-state index contributed by atoms with van der Waals surface area (Å²) in [5.74, 6) is 0.199. The summed E-state index contributed by atoms with van der Waals surface area (Å²) in [7, 11) is 0. The lowest BCUT2D eigenvalue weighted by atomic mass is 9.98. The van der Waals surface area contributed by atoms with Crippen molar-refractivity contribution in [1.29, 1.82) is 0 Å². The summed E-state index contributed by atoms with van der Waals surface area (Å²) in [4.78, 5) is 0. The predicted molar refractivity (Wildman–Crippen MR) is 53.5 cm³/mol. The first-order valence-electron chi connectivity index (χ1n) is 4.74. The van der Waals surface area contributed by atoms with Crippen molar-refractivity contribution in [3.63, 3.8) is 0 Å². The van der Waals surface area contributed by atoms with Gasteiger partial charge in [-0.25, -0.2) is 0 Å². The molecule has 1 nitrogen and oxygen atoms in total. The third-order valence-electron chi connectivity index (χ3n) is 2.29. The minimum Gasteiger partial charge on any atom is -0.316 e. The van der Waals surface area contributed by atoms with Crippen LogP contribution in [0, 0.1) is 0 Å². The van der Waals surface area contributed by atoms with Gasteiger partial charge >= 0.3 is 6.18 Å². The summed E-state index contributed by atoms with van der Waals surface area (Å²) in [5.41, 5.74) is 6.10. The van der Waals surface area contributed by atoms with Crippen molar-refractivity contribution in [3.05, 3.63) is 35.4 Å². The number of hydrogen-bond donors (Lipinski definition) is 1. The Morgan fingerprint density at radius 3 is 2.13 bits per heavy atom. The van der Waals surface area contributed by atoms with Crippen molar-refractivity contribution < 1.29 is 13.2 Å². The Balaban J connectivity index is 3.00. The molecule has 1 atom stereocenters. The van der Waals surface area contributed by atoms with Crippen LogP contribution >= 0.6 is 0 Å². The fourth-order valence-corrected chi connectivity index (χ4v) is 1.30. The molecular formula is C11H14F3N. The summed E-state index contributed by atoms with van der Waals surface area (Å²) in [6, 6.07) is 4.44. The maximum absolute atomic E-state index is 12.3. The molecule has 0 aliphatic rings. The third-order valence-corrected chi connectivity index (χ3v) is 2.29. The lowest BCUT2D eigenvalue weighted by Crippen LogP contribution is -2.28. The summed E-state index contributed by atoms with van der Waals surface area (Å²) < 4.78 is 37.0. The average Bonchev–Trinajstić information content (AvgIpc) is 2.15. The van der Waals surface area contributed by atoms with E-state index < -0.39 is 12.2 Å². The first-order chi connectivity index (χ1) is 6.82. The highest BCUT2D eigenvalue weighted by molar-refractivity contribution is 5.28. The summed E-state index contributed by atoms with van der Waals surface area (Å²) in [6.45, 7) is 3.86. The average molecular weight is 217 g/mol. The molecule has 0 bridgehead atoms. The van der Waals surface area contributed by atoms with Gasteiger partial charge < -0.3 is 5.73 Å². The Hall–Kier alpha value is -1.03. The highest BCUT2D eigenvalue weighted by atomic mass is 19.4. The van der Waals surface area contributed by atoms with Gasteiger partial charge in [-0.15, -0.1) is 0 Å². The van der Waals surface area contributed by atoms with Gasteiger partial charge in [-0.2, -0.15) is 13.2 Å². The second-order valence-electron chi connectivity index (χ2n) is 3.84. The first-order valence-corrected chi connectivity index (χ1v) is 4.74. The Morgan fingerprint density at radius 1 is 1.13 bits per heavy atom. The van der Waals surface area contributed by atoms with Crippen LogP contribution in [0.3, 0.4) is 0 Å². The van der Waals surface area contributed by atoms with Crippen molar-refractivity contribution in [1.82, 2.24) is 0 Å². The molecular weight excluding hydrogens is 203 g/mol. The highest BCUT2D eigenvalue weighted by Crippen LogP contribution is 2.31. The predicted octanol–water partition coefficient (Wildman–Crippen LogP) is 3.37. The minimum atomic E-state index is -4.38. The fourth-order valence-electron chi connectivity index (χ4n) is 1.30. The van der Waals surface area contributed by atoms with E-state index in [1.54, 1.807) is 12.1 Å². The largest absolute Gasteiger partial charge is 0.407 e. The number of benzene rings is 1. The molecule has 15 heavy (non-hydrogen) atoms. The lowest BCUT2D eigenvalue weighted by molar-refractivity contribution is -0.149. The van der Waals surface area contributed by atoms with Gasteiger partial charge in [0.2, 0.25) is 0 Å². The normalized spacial score (nSPS) is 14.3. The monoisotopic (exact) mass is 217 g/mol. The van der Waals surface area contributed by atoms with E-state index in [2.05, 4.69) is 0 Å². The molecule has 0 heterocycles. The van der Waals surface area contributed by atoms with Crippen LogP contribution < -0.4 is 5.73 Å². The highest BCUT2D eigenvalue weighted by Gasteiger charge is 2.37. The van der Waals surface area contributed by atoms with Crippen LogP contribution in [0.4, 0.5) is 13.2 Å². The Bertz CT molecular complexity index is 331. The summed E-state index contributed by atoms with van der Waals surface area (Å²) in [5, 5.41) is 0. The molecule has 0 saturated heterocycles. The van der Waals surface area contributed by atoms with Crippen LogP contribution in [0.5, 0.6) is 0 Å². The second-order valence-corrected chi connectivity index (χ2v) is 3.84. The lowest BCUT2D eigenvalue weighted by Gasteiger charge is -2.17. The van der Waals surface area contributed by atoms with Gasteiger partial charge in [0.05, 0.1) is 0 Å². The van der Waals surface area contributed by atoms with E-state index in [9.17, 15) is 13.2 Å². The van der Waals surface area contributed by atoms with Crippen molar-refractivity contribution >= 4 is 0 Å². The molecule has 0 amide bonds. The number of halogens is 3. The van der Waals surface area contributed by atoms with Gasteiger partial charge in [0.15, 0.2) is 0 Å². The number of nitrogens with two attached hydrogens (primary N) is 1. The molecule has 1 aromatic carbocycles. The maximum Gasteiger partial charge on any atom is 0.407 e. The number of alkyl halides is 3. The molecule has 0 radical (unpaired) electrons. The van der Waals surface area contributed by atoms with E-state index in [4.69, 9.17) is 5.73 Å². The van der Waals surface area contributed by atoms with Crippen molar-refractivity contribution in [2.45, 2.75) is 32.0 Å². The molecule has 2 N–H and O–H groups in total. The standard InChI is InChI=1S/C11H14F3N/c1-7(2)8-4-3-5-9(6-8)10(15)11(12,13)14/h3-7,10H,15H2,1-2H3/t10-/m1/s1. The van der Waals surface area contributed by atoms with E-state index >= 15 is 0 Å². The van der Waals surface area contributed by atoms with E-state index in [1.807, 2.05) is 13.8 Å². The maximum atomic E-state index is 12.3. The third kappa shape index (κ3) is 2.96. The molecule has 1 rings (SSSR count). The summed E-state index contributed by atoms with van der Waals surface area (Å²) in [6.07, 6.45) is -4.38. The van der Waals surface area contributed by atoms with Crippen molar-refractivity contribution in [2.24, 2.45) is 5.73 Å². The fraction of sp³-hybridized carbons (Fsp3) is 0.455. The van der Waals surface area contributed by atoms with E-state index in [0.717, 1.165) is 5.56 Å². The second kappa shape index (κ2) is 4.23. The van der Waals surface area contributed by atoms with Crippen LogP contribution in [0.1, 0.15) is 36.9 Å². The molecule has 4 heteroatoms. The minimum absolute atomic E-state index is 0.119. The van der Waals surface area contributed by atoms with Crippen LogP contribution in [0.25, 0.3) is 0 Å². The van der Waals surface area contributed by atoms with Gasteiger partial charge in [-0.05, 0) is 17.0 Å². The quantitative estimate of drug-likeness (QED) is 0.807. The topological polar surface area (TPSA) is 26.0 Å². The van der Waals surface area contributed by atoms with E-state index in [-0.39, 0.29) is 11.5 Å². The molecule has 0 aromatic heterocycles. The zero-order valence-electron chi connectivity index (χ0n) is 8.68. The Kier molecular flexibility index (Phi) is 3.39. The summed E-state index contributed by atoms with van der Waals surface area (Å²) >= 11 is 0. The Labute approximate surface area is 87.1 Å². The van der Waals surface area contributed by atoms with E-state index in [0.29, 0.717) is 0 Å². The molecule has 0 aliphatic heterocycles. The molecule has 0 saturated carbocycles. The van der Waals surface area contributed by atoms with Crippen LogP contribution in [0.2, 0.25) is 0 Å². The van der Waals surface area contributed by atoms with Crippen molar-refractivity contribution in [3.8, 4) is 0 Å².